The maximum atomic E-state index is 12.5. The fraction of sp³-hybridized carbons (Fsp3) is 0.545. The van der Waals surface area contributed by atoms with E-state index in [0.29, 0.717) is 18.0 Å². The summed E-state index contributed by atoms with van der Waals surface area (Å²) in [4.78, 5) is 37.4. The quantitative estimate of drug-likeness (QED) is 0.760. The fourth-order valence-corrected chi connectivity index (χ4v) is 4.23. The van der Waals surface area contributed by atoms with Crippen molar-refractivity contribution >= 4 is 5.91 Å². The van der Waals surface area contributed by atoms with Crippen molar-refractivity contribution in [2.45, 2.75) is 25.8 Å². The van der Waals surface area contributed by atoms with Crippen LogP contribution in [0.15, 0.2) is 41.7 Å². The zero-order valence-corrected chi connectivity index (χ0v) is 17.4. The average molecular weight is 411 g/mol. The smallest absolute Gasteiger partial charge is 0.253 e. The highest BCUT2D eigenvalue weighted by Crippen LogP contribution is 2.19. The molecule has 0 bridgehead atoms. The van der Waals surface area contributed by atoms with Crippen LogP contribution >= 0.6 is 0 Å². The van der Waals surface area contributed by atoms with Crippen molar-refractivity contribution in [1.29, 1.82) is 0 Å². The predicted octanol–water partition coefficient (Wildman–Crippen LogP) is 0.839. The second-order valence-electron chi connectivity index (χ2n) is 8.23. The molecule has 0 saturated carbocycles. The number of nitrogens with one attached hydrogen (secondary N) is 1. The normalized spacial score (nSPS) is 19.4. The predicted molar refractivity (Wildman–Crippen MR) is 115 cm³/mol. The number of hydrogen-bond acceptors (Lipinski definition) is 6. The zero-order valence-electron chi connectivity index (χ0n) is 17.4. The first-order valence-corrected chi connectivity index (χ1v) is 10.9. The molecule has 0 radical (unpaired) electrons. The van der Waals surface area contributed by atoms with Crippen molar-refractivity contribution in [3.63, 3.8) is 0 Å². The Morgan fingerprint density at radius 1 is 1.07 bits per heavy atom. The van der Waals surface area contributed by atoms with Crippen LogP contribution in [0.3, 0.4) is 0 Å². The van der Waals surface area contributed by atoms with E-state index in [9.17, 15) is 9.59 Å². The first-order valence-electron chi connectivity index (χ1n) is 10.9. The van der Waals surface area contributed by atoms with Gasteiger partial charge in [-0.3, -0.25) is 24.0 Å². The minimum absolute atomic E-state index is 0.00407. The van der Waals surface area contributed by atoms with Crippen LogP contribution in [0, 0.1) is 5.92 Å². The van der Waals surface area contributed by atoms with Gasteiger partial charge in [-0.15, -0.1) is 0 Å². The van der Waals surface area contributed by atoms with Crippen molar-refractivity contribution in [2.75, 3.05) is 45.8 Å². The molecule has 2 saturated heterocycles. The van der Waals surface area contributed by atoms with E-state index in [0.717, 1.165) is 70.8 Å². The molecular formula is C22H30N6O2. The van der Waals surface area contributed by atoms with Gasteiger partial charge >= 0.3 is 0 Å². The van der Waals surface area contributed by atoms with Gasteiger partial charge in [0, 0.05) is 69.7 Å². The van der Waals surface area contributed by atoms with Crippen molar-refractivity contribution in [3.05, 3.63) is 47.3 Å². The standard InChI is InChI=1S/C22H30N6O2/c29-21-5-10-27(11-7-24-21)13-12-26-8-3-18(4-9-26)16-28-17-25-20(14-22(28)30)19-2-1-6-23-15-19/h1-2,6,14-15,17-18H,3-5,7-13,16H2,(H,24,29). The molecule has 1 amide bonds. The number of rotatable bonds is 6. The lowest BCUT2D eigenvalue weighted by atomic mass is 9.96. The van der Waals surface area contributed by atoms with Gasteiger partial charge < -0.3 is 10.2 Å². The van der Waals surface area contributed by atoms with Crippen molar-refractivity contribution in [2.24, 2.45) is 5.92 Å². The maximum absolute atomic E-state index is 12.5. The minimum atomic E-state index is -0.00407. The Bertz CT molecular complexity index is 892. The Morgan fingerprint density at radius 2 is 1.87 bits per heavy atom. The van der Waals surface area contributed by atoms with E-state index >= 15 is 0 Å². The van der Waals surface area contributed by atoms with Crippen molar-refractivity contribution in [1.82, 2.24) is 29.7 Å². The van der Waals surface area contributed by atoms with Crippen LogP contribution in [0.4, 0.5) is 0 Å². The lowest BCUT2D eigenvalue weighted by Crippen LogP contribution is -2.41. The van der Waals surface area contributed by atoms with E-state index < -0.39 is 0 Å². The molecule has 2 aromatic heterocycles. The van der Waals surface area contributed by atoms with Crippen LogP contribution < -0.4 is 10.9 Å². The SMILES string of the molecule is O=C1CCN(CCN2CCC(Cn3cnc(-c4cccnc4)cc3=O)CC2)CCN1. The number of piperidine rings is 1. The van der Waals surface area contributed by atoms with E-state index in [1.165, 1.54) is 0 Å². The van der Waals surface area contributed by atoms with Crippen LogP contribution in [0.25, 0.3) is 11.3 Å². The van der Waals surface area contributed by atoms with Gasteiger partial charge in [0.2, 0.25) is 5.91 Å². The minimum Gasteiger partial charge on any atom is -0.355 e. The van der Waals surface area contributed by atoms with E-state index in [-0.39, 0.29) is 11.5 Å². The van der Waals surface area contributed by atoms with Crippen LogP contribution in [-0.2, 0) is 11.3 Å². The summed E-state index contributed by atoms with van der Waals surface area (Å²) in [6.45, 7) is 7.45. The molecule has 0 aliphatic carbocycles. The van der Waals surface area contributed by atoms with Crippen molar-refractivity contribution < 1.29 is 4.79 Å². The van der Waals surface area contributed by atoms with E-state index in [1.54, 1.807) is 29.4 Å². The number of pyridine rings is 1. The lowest BCUT2D eigenvalue weighted by molar-refractivity contribution is -0.120. The maximum Gasteiger partial charge on any atom is 0.253 e. The molecule has 2 aromatic rings. The molecule has 2 aliphatic rings. The summed E-state index contributed by atoms with van der Waals surface area (Å²) >= 11 is 0. The lowest BCUT2D eigenvalue weighted by Gasteiger charge is -2.33. The molecule has 0 atom stereocenters. The van der Waals surface area contributed by atoms with Crippen LogP contribution in [0.2, 0.25) is 0 Å². The number of nitrogens with zero attached hydrogens (tertiary/aromatic N) is 5. The third kappa shape index (κ3) is 5.52. The van der Waals surface area contributed by atoms with E-state index in [1.807, 2.05) is 12.1 Å². The number of aromatic nitrogens is 3. The van der Waals surface area contributed by atoms with Crippen molar-refractivity contribution in [3.8, 4) is 11.3 Å². The Kier molecular flexibility index (Phi) is 6.86. The van der Waals surface area contributed by atoms with Gasteiger partial charge in [0.1, 0.15) is 0 Å². The molecular weight excluding hydrogens is 380 g/mol. The third-order valence-corrected chi connectivity index (χ3v) is 6.14. The molecule has 0 aromatic carbocycles. The molecule has 2 aliphatic heterocycles. The molecule has 1 N–H and O–H groups in total. The summed E-state index contributed by atoms with van der Waals surface area (Å²) in [5.74, 6) is 0.668. The Morgan fingerprint density at radius 3 is 2.60 bits per heavy atom. The summed E-state index contributed by atoms with van der Waals surface area (Å²) in [7, 11) is 0. The Balaban J connectivity index is 1.24. The largest absolute Gasteiger partial charge is 0.355 e. The molecule has 4 rings (SSSR count). The van der Waals surface area contributed by atoms with Gasteiger partial charge in [0.25, 0.3) is 5.56 Å². The summed E-state index contributed by atoms with van der Waals surface area (Å²) in [5.41, 5.74) is 1.53. The number of carbonyl (C=O) groups excluding carboxylic acids is 1. The average Bonchev–Trinajstić information content (AvgIpc) is 2.99. The number of amides is 1. The number of likely N-dealkylation sites (tertiary alicyclic amines) is 1. The number of carbonyl (C=O) groups is 1. The monoisotopic (exact) mass is 410 g/mol. The molecule has 2 fully saturated rings. The Hall–Kier alpha value is -2.58. The van der Waals surface area contributed by atoms with Crippen LogP contribution in [-0.4, -0.2) is 76.1 Å². The molecule has 160 valence electrons. The molecule has 0 unspecified atom stereocenters. The van der Waals surface area contributed by atoms with Gasteiger partial charge in [0.15, 0.2) is 0 Å². The van der Waals surface area contributed by atoms with Gasteiger partial charge in [-0.2, -0.15) is 0 Å². The summed E-state index contributed by atoms with van der Waals surface area (Å²) in [6, 6.07) is 5.36. The molecule has 30 heavy (non-hydrogen) atoms. The number of hydrogen-bond donors (Lipinski definition) is 1. The highest BCUT2D eigenvalue weighted by molar-refractivity contribution is 5.76. The topological polar surface area (TPSA) is 83.4 Å². The van der Waals surface area contributed by atoms with Gasteiger partial charge in [-0.25, -0.2) is 4.98 Å². The fourth-order valence-electron chi connectivity index (χ4n) is 4.23. The third-order valence-electron chi connectivity index (χ3n) is 6.14. The summed E-state index contributed by atoms with van der Waals surface area (Å²) in [5, 5.41) is 2.93. The van der Waals surface area contributed by atoms with Crippen LogP contribution in [0.5, 0.6) is 0 Å². The second kappa shape index (κ2) is 9.95. The summed E-state index contributed by atoms with van der Waals surface area (Å²) < 4.78 is 1.74. The first-order chi connectivity index (χ1) is 14.7. The highest BCUT2D eigenvalue weighted by atomic mass is 16.1. The highest BCUT2D eigenvalue weighted by Gasteiger charge is 2.21. The Labute approximate surface area is 176 Å². The molecule has 0 spiro atoms. The van der Waals surface area contributed by atoms with E-state index in [2.05, 4.69) is 25.1 Å². The molecule has 4 heterocycles. The molecule has 8 heteroatoms. The van der Waals surface area contributed by atoms with Crippen LogP contribution in [0.1, 0.15) is 19.3 Å². The van der Waals surface area contributed by atoms with Gasteiger partial charge in [0.05, 0.1) is 12.0 Å². The van der Waals surface area contributed by atoms with Gasteiger partial charge in [-0.1, -0.05) is 0 Å². The second-order valence-corrected chi connectivity index (χ2v) is 8.23. The zero-order chi connectivity index (χ0) is 20.8. The van der Waals surface area contributed by atoms with Gasteiger partial charge in [-0.05, 0) is 44.0 Å². The first kappa shape index (κ1) is 20.7. The summed E-state index contributed by atoms with van der Waals surface area (Å²) in [6.07, 6.45) is 7.90. The molecule has 8 nitrogen and oxygen atoms in total. The van der Waals surface area contributed by atoms with E-state index in [4.69, 9.17) is 0 Å².